The van der Waals surface area contributed by atoms with Gasteiger partial charge in [-0.3, -0.25) is 4.99 Å². The number of hydrogen-bond donors (Lipinski definition) is 2. The number of aliphatic imine (C=N–C) groups is 1. The van der Waals surface area contributed by atoms with Crippen LogP contribution in [0.5, 0.6) is 0 Å². The van der Waals surface area contributed by atoms with Gasteiger partial charge >= 0.3 is 0 Å². The minimum absolute atomic E-state index is 0. The smallest absolute Gasteiger partial charge is 0.188 e. The molecule has 0 amide bonds. The molecule has 0 aromatic carbocycles. The van der Waals surface area contributed by atoms with Gasteiger partial charge in [0.05, 0.1) is 0 Å². The normalized spacial score (nSPS) is 11.5. The highest BCUT2D eigenvalue weighted by molar-refractivity contribution is 14.0. The standard InChI is InChI=1S/C15H34N4O.HI/c1-4-11-19(12-5-2)13-7-9-17-15(16)18-10-8-14-20-6-3;/h4-14H2,1-3H3,(H3,16,17,18);1H. The summed E-state index contributed by atoms with van der Waals surface area (Å²) in [6.07, 6.45) is 4.47. The second-order valence-electron chi connectivity index (χ2n) is 4.94. The molecule has 6 heteroatoms. The van der Waals surface area contributed by atoms with E-state index >= 15 is 0 Å². The maximum Gasteiger partial charge on any atom is 0.188 e. The van der Waals surface area contributed by atoms with Crippen LogP contribution in [0.15, 0.2) is 4.99 Å². The van der Waals surface area contributed by atoms with E-state index in [1.54, 1.807) is 0 Å². The van der Waals surface area contributed by atoms with Gasteiger partial charge < -0.3 is 20.7 Å². The second kappa shape index (κ2) is 18.0. The van der Waals surface area contributed by atoms with Gasteiger partial charge in [0.2, 0.25) is 0 Å². The number of nitrogens with two attached hydrogens (primary N) is 1. The maximum atomic E-state index is 5.81. The highest BCUT2D eigenvalue weighted by Crippen LogP contribution is 1.95. The number of nitrogens with zero attached hydrogens (tertiary/aromatic N) is 2. The first-order valence-electron chi connectivity index (χ1n) is 8.08. The molecular weight excluding hydrogens is 379 g/mol. The average molecular weight is 414 g/mol. The molecule has 0 aliphatic rings. The summed E-state index contributed by atoms with van der Waals surface area (Å²) in [6.45, 7) is 13.1. The first kappa shape index (κ1) is 23.2. The molecule has 0 aromatic heterocycles. The van der Waals surface area contributed by atoms with Crippen molar-refractivity contribution in [2.75, 3.05) is 45.9 Å². The molecule has 0 bridgehead atoms. The summed E-state index contributed by atoms with van der Waals surface area (Å²) in [5.74, 6) is 0.555. The molecule has 0 atom stereocenters. The van der Waals surface area contributed by atoms with Crippen LogP contribution in [-0.4, -0.2) is 56.8 Å². The van der Waals surface area contributed by atoms with Crippen molar-refractivity contribution in [3.8, 4) is 0 Å². The van der Waals surface area contributed by atoms with Gasteiger partial charge in [-0.25, -0.2) is 0 Å². The van der Waals surface area contributed by atoms with E-state index in [0.717, 1.165) is 45.7 Å². The lowest BCUT2D eigenvalue weighted by Crippen LogP contribution is -2.35. The lowest BCUT2D eigenvalue weighted by Gasteiger charge is -2.20. The SMILES string of the molecule is CCCN(CCC)CCCNC(N)=NCCCOCC.I. The molecule has 21 heavy (non-hydrogen) atoms. The van der Waals surface area contributed by atoms with Gasteiger partial charge in [0.15, 0.2) is 5.96 Å². The molecule has 0 aliphatic carbocycles. The topological polar surface area (TPSA) is 62.9 Å². The molecule has 0 aliphatic heterocycles. The Bertz CT molecular complexity index is 234. The Morgan fingerprint density at radius 3 is 2.33 bits per heavy atom. The zero-order valence-electron chi connectivity index (χ0n) is 14.1. The van der Waals surface area contributed by atoms with Gasteiger partial charge in [-0.05, 0) is 52.2 Å². The third kappa shape index (κ3) is 16.1. The molecule has 0 unspecified atom stereocenters. The van der Waals surface area contributed by atoms with E-state index in [0.29, 0.717) is 5.96 Å². The van der Waals surface area contributed by atoms with Crippen LogP contribution >= 0.6 is 24.0 Å². The van der Waals surface area contributed by atoms with Crippen molar-refractivity contribution in [3.63, 3.8) is 0 Å². The van der Waals surface area contributed by atoms with Crippen molar-refractivity contribution in [1.82, 2.24) is 10.2 Å². The molecule has 5 nitrogen and oxygen atoms in total. The Morgan fingerprint density at radius 2 is 1.76 bits per heavy atom. The number of hydrogen-bond acceptors (Lipinski definition) is 3. The Kier molecular flexibility index (Phi) is 19.8. The Morgan fingerprint density at radius 1 is 1.10 bits per heavy atom. The summed E-state index contributed by atoms with van der Waals surface area (Å²) in [5.41, 5.74) is 5.81. The summed E-state index contributed by atoms with van der Waals surface area (Å²) < 4.78 is 5.25. The first-order valence-corrected chi connectivity index (χ1v) is 8.08. The molecular formula is C15H35IN4O. The number of guanidine groups is 1. The van der Waals surface area contributed by atoms with Gasteiger partial charge in [0, 0.05) is 26.3 Å². The number of ether oxygens (including phenoxy) is 1. The molecule has 0 aromatic rings. The highest BCUT2D eigenvalue weighted by atomic mass is 127. The summed E-state index contributed by atoms with van der Waals surface area (Å²) >= 11 is 0. The van der Waals surface area contributed by atoms with Crippen LogP contribution < -0.4 is 11.1 Å². The Labute approximate surface area is 148 Å². The minimum atomic E-state index is 0. The molecule has 128 valence electrons. The number of halogens is 1. The second-order valence-corrected chi connectivity index (χ2v) is 4.94. The number of nitrogens with one attached hydrogen (secondary N) is 1. The van der Waals surface area contributed by atoms with Crippen LogP contribution in [0, 0.1) is 0 Å². The molecule has 0 saturated carbocycles. The van der Waals surface area contributed by atoms with Crippen molar-refractivity contribution >= 4 is 29.9 Å². The minimum Gasteiger partial charge on any atom is -0.382 e. The third-order valence-electron chi connectivity index (χ3n) is 2.97. The fraction of sp³-hybridized carbons (Fsp3) is 0.933. The van der Waals surface area contributed by atoms with E-state index in [1.807, 2.05) is 6.92 Å². The van der Waals surface area contributed by atoms with Crippen molar-refractivity contribution in [3.05, 3.63) is 0 Å². The van der Waals surface area contributed by atoms with E-state index in [1.165, 1.54) is 25.9 Å². The molecule has 3 N–H and O–H groups in total. The lowest BCUT2D eigenvalue weighted by molar-refractivity contribution is 0.146. The first-order chi connectivity index (χ1) is 9.74. The fourth-order valence-electron chi connectivity index (χ4n) is 2.05. The summed E-state index contributed by atoms with van der Waals surface area (Å²) in [4.78, 5) is 6.79. The highest BCUT2D eigenvalue weighted by Gasteiger charge is 2.01. The van der Waals surface area contributed by atoms with Crippen molar-refractivity contribution in [1.29, 1.82) is 0 Å². The van der Waals surface area contributed by atoms with E-state index in [-0.39, 0.29) is 24.0 Å². The maximum absolute atomic E-state index is 5.81. The Hall–Kier alpha value is -0.0800. The number of rotatable bonds is 13. The molecule has 0 rings (SSSR count). The van der Waals surface area contributed by atoms with Crippen LogP contribution in [0.1, 0.15) is 46.5 Å². The predicted molar refractivity (Wildman–Crippen MR) is 103 cm³/mol. The van der Waals surface area contributed by atoms with Gasteiger partial charge in [0.1, 0.15) is 0 Å². The van der Waals surface area contributed by atoms with E-state index in [4.69, 9.17) is 10.5 Å². The van der Waals surface area contributed by atoms with E-state index in [9.17, 15) is 0 Å². The van der Waals surface area contributed by atoms with Crippen molar-refractivity contribution in [2.45, 2.75) is 46.5 Å². The average Bonchev–Trinajstić information content (AvgIpc) is 2.43. The van der Waals surface area contributed by atoms with Crippen LogP contribution in [0.2, 0.25) is 0 Å². The zero-order valence-corrected chi connectivity index (χ0v) is 16.4. The molecule has 0 radical (unpaired) electrons. The van der Waals surface area contributed by atoms with Crippen LogP contribution in [-0.2, 0) is 4.74 Å². The van der Waals surface area contributed by atoms with Crippen molar-refractivity contribution < 1.29 is 4.74 Å². The Balaban J connectivity index is 0. The van der Waals surface area contributed by atoms with Crippen molar-refractivity contribution in [2.24, 2.45) is 10.7 Å². The van der Waals surface area contributed by atoms with Gasteiger partial charge in [-0.1, -0.05) is 13.8 Å². The van der Waals surface area contributed by atoms with E-state index in [2.05, 4.69) is 29.1 Å². The summed E-state index contributed by atoms with van der Waals surface area (Å²) in [6, 6.07) is 0. The third-order valence-corrected chi connectivity index (χ3v) is 2.97. The predicted octanol–water partition coefficient (Wildman–Crippen LogP) is 2.45. The fourth-order valence-corrected chi connectivity index (χ4v) is 2.05. The van der Waals surface area contributed by atoms with Gasteiger partial charge in [-0.15, -0.1) is 24.0 Å². The summed E-state index contributed by atoms with van der Waals surface area (Å²) in [7, 11) is 0. The van der Waals surface area contributed by atoms with Crippen LogP contribution in [0.4, 0.5) is 0 Å². The van der Waals surface area contributed by atoms with Crippen LogP contribution in [0.25, 0.3) is 0 Å². The zero-order chi connectivity index (χ0) is 15.1. The molecule has 0 heterocycles. The largest absolute Gasteiger partial charge is 0.382 e. The summed E-state index contributed by atoms with van der Waals surface area (Å²) in [5, 5.41) is 3.17. The molecule has 0 spiro atoms. The molecule has 0 saturated heterocycles. The van der Waals surface area contributed by atoms with Gasteiger partial charge in [0.25, 0.3) is 0 Å². The van der Waals surface area contributed by atoms with Gasteiger partial charge in [-0.2, -0.15) is 0 Å². The van der Waals surface area contributed by atoms with E-state index < -0.39 is 0 Å². The quantitative estimate of drug-likeness (QED) is 0.210. The monoisotopic (exact) mass is 414 g/mol. The van der Waals surface area contributed by atoms with Crippen LogP contribution in [0.3, 0.4) is 0 Å². The lowest BCUT2D eigenvalue weighted by atomic mass is 10.3. The molecule has 0 fully saturated rings.